The van der Waals surface area contributed by atoms with Crippen molar-refractivity contribution in [3.05, 3.63) is 88.7 Å². The van der Waals surface area contributed by atoms with Crippen molar-refractivity contribution in [1.82, 2.24) is 0 Å². The van der Waals surface area contributed by atoms with Crippen molar-refractivity contribution in [3.8, 4) is 0 Å². The first-order valence-corrected chi connectivity index (χ1v) is 10.2. The van der Waals surface area contributed by atoms with Crippen molar-refractivity contribution in [2.24, 2.45) is 5.41 Å². The van der Waals surface area contributed by atoms with E-state index in [2.05, 4.69) is 54.6 Å². The van der Waals surface area contributed by atoms with Crippen LogP contribution in [-0.4, -0.2) is 40.1 Å². The van der Waals surface area contributed by atoms with E-state index in [-0.39, 0.29) is 16.7 Å². The highest BCUT2D eigenvalue weighted by Gasteiger charge is 2.77. The van der Waals surface area contributed by atoms with Gasteiger partial charge in [-0.3, -0.25) is 0 Å². The molecule has 7 aliphatic rings. The van der Waals surface area contributed by atoms with Gasteiger partial charge in [0.15, 0.2) is 5.76 Å². The summed E-state index contributed by atoms with van der Waals surface area (Å²) >= 11 is 0. The largest absolute Gasteiger partial charge is 0.493 e. The lowest BCUT2D eigenvalue weighted by Crippen LogP contribution is -2.62. The van der Waals surface area contributed by atoms with Gasteiger partial charge in [0, 0.05) is 7.11 Å². The Balaban J connectivity index is 1.85. The Bertz CT molecular complexity index is 979. The second kappa shape index (κ2) is 5.66. The van der Waals surface area contributed by atoms with Crippen LogP contribution in [0.5, 0.6) is 0 Å². The van der Waals surface area contributed by atoms with Crippen LogP contribution in [0.2, 0.25) is 0 Å². The minimum atomic E-state index is -0.809. The molecular weight excluding hydrogens is 364 g/mol. The van der Waals surface area contributed by atoms with Gasteiger partial charge in [-0.25, -0.2) is 0 Å². The molecular formula is C25H25O4+. The highest BCUT2D eigenvalue weighted by atomic mass is 16.6. The van der Waals surface area contributed by atoms with Crippen molar-refractivity contribution in [2.45, 2.75) is 23.4 Å². The molecule has 2 unspecified atom stereocenters. The maximum Gasteiger partial charge on any atom is 0.311 e. The molecule has 4 bridgehead atoms. The van der Waals surface area contributed by atoms with Crippen molar-refractivity contribution in [3.63, 3.8) is 0 Å². The molecule has 0 saturated carbocycles. The van der Waals surface area contributed by atoms with Crippen LogP contribution in [0.4, 0.5) is 0 Å². The smallest absolute Gasteiger partial charge is 0.311 e. The zero-order valence-electron chi connectivity index (χ0n) is 17.0. The quantitative estimate of drug-likeness (QED) is 0.745. The Hall–Kier alpha value is -2.27. The van der Waals surface area contributed by atoms with Crippen LogP contribution in [0.25, 0.3) is 0 Å². The summed E-state index contributed by atoms with van der Waals surface area (Å²) in [5.74, 6) is 0.776. The van der Waals surface area contributed by atoms with E-state index in [0.29, 0.717) is 13.2 Å². The van der Waals surface area contributed by atoms with E-state index < -0.39 is 5.60 Å². The van der Waals surface area contributed by atoms with Crippen molar-refractivity contribution in [1.29, 1.82) is 0 Å². The normalized spacial score (nSPS) is 36.0. The molecule has 0 aromatic heterocycles. The lowest BCUT2D eigenvalue weighted by molar-refractivity contribution is -0.102. The van der Waals surface area contributed by atoms with E-state index in [1.807, 2.05) is 0 Å². The van der Waals surface area contributed by atoms with Crippen LogP contribution in [0, 0.1) is 11.5 Å². The molecule has 0 N–H and O–H groups in total. The number of rotatable bonds is 3. The molecule has 29 heavy (non-hydrogen) atoms. The molecule has 6 aliphatic carbocycles. The monoisotopic (exact) mass is 389 g/mol. The van der Waals surface area contributed by atoms with E-state index in [1.165, 1.54) is 22.3 Å². The predicted molar refractivity (Wildman–Crippen MR) is 108 cm³/mol. The minimum Gasteiger partial charge on any atom is -0.493 e. The van der Waals surface area contributed by atoms with Crippen LogP contribution in [0.15, 0.2) is 60.4 Å². The highest BCUT2D eigenvalue weighted by molar-refractivity contribution is 5.66. The van der Waals surface area contributed by atoms with Gasteiger partial charge in [-0.05, 0) is 28.3 Å². The highest BCUT2D eigenvalue weighted by Crippen LogP contribution is 2.70. The fourth-order valence-electron chi connectivity index (χ4n) is 6.77. The topological polar surface area (TPSA) is 36.9 Å². The molecule has 1 fully saturated rings. The third kappa shape index (κ3) is 1.72. The van der Waals surface area contributed by atoms with E-state index >= 15 is 0 Å². The molecule has 9 rings (SSSR count). The first-order chi connectivity index (χ1) is 14.2. The Labute approximate surface area is 171 Å². The second-order valence-corrected chi connectivity index (χ2v) is 8.62. The van der Waals surface area contributed by atoms with Gasteiger partial charge < -0.3 is 14.2 Å². The average Bonchev–Trinajstić information content (AvgIpc) is 3.09. The van der Waals surface area contributed by atoms with Gasteiger partial charge >= 0.3 is 5.60 Å². The van der Waals surface area contributed by atoms with Crippen LogP contribution < -0.4 is 0 Å². The Morgan fingerprint density at radius 1 is 0.931 bits per heavy atom. The molecule has 1 saturated heterocycles. The molecule has 4 nitrogen and oxygen atoms in total. The zero-order valence-corrected chi connectivity index (χ0v) is 17.0. The van der Waals surface area contributed by atoms with Gasteiger partial charge in [0.05, 0.1) is 44.2 Å². The maximum atomic E-state index is 6.40. The van der Waals surface area contributed by atoms with Crippen LogP contribution in [0.1, 0.15) is 34.6 Å². The number of hydrogen-bond donors (Lipinski definition) is 0. The third-order valence-corrected chi connectivity index (χ3v) is 7.85. The Kier molecular flexibility index (Phi) is 3.43. The maximum absolute atomic E-state index is 6.40. The number of ether oxygens (including phenoxy) is 4. The van der Waals surface area contributed by atoms with Gasteiger partial charge in [0.25, 0.3) is 6.10 Å². The van der Waals surface area contributed by atoms with Crippen LogP contribution in [0.3, 0.4) is 0 Å². The number of benzene rings is 2. The molecule has 2 aromatic carbocycles. The molecule has 2 aromatic rings. The van der Waals surface area contributed by atoms with E-state index in [4.69, 9.17) is 18.9 Å². The molecule has 148 valence electrons. The minimum absolute atomic E-state index is 0.0504. The molecule has 1 aliphatic heterocycles. The fraction of sp³-hybridized carbons (Fsp3) is 0.400. The van der Waals surface area contributed by atoms with E-state index in [9.17, 15) is 0 Å². The summed E-state index contributed by atoms with van der Waals surface area (Å²) in [6.45, 7) is 1.28. The second-order valence-electron chi connectivity index (χ2n) is 8.62. The molecule has 1 heterocycles. The van der Waals surface area contributed by atoms with Gasteiger partial charge in [0.2, 0.25) is 0 Å². The summed E-state index contributed by atoms with van der Waals surface area (Å²) in [6.07, 6.45) is 3.97. The lowest BCUT2D eigenvalue weighted by atomic mass is 9.44. The Morgan fingerprint density at radius 2 is 1.59 bits per heavy atom. The third-order valence-electron chi connectivity index (χ3n) is 7.85. The summed E-state index contributed by atoms with van der Waals surface area (Å²) in [4.78, 5) is 0. The summed E-state index contributed by atoms with van der Waals surface area (Å²) in [6, 6.07) is 17.6. The van der Waals surface area contributed by atoms with E-state index in [0.717, 1.165) is 18.3 Å². The Morgan fingerprint density at radius 3 is 2.17 bits per heavy atom. The summed E-state index contributed by atoms with van der Waals surface area (Å²) in [5, 5.41) is 0. The number of hydrogen-bond acceptors (Lipinski definition) is 4. The SMILES string of the molecule is COC1=CC23COCC24c2ccccc2C(c2ccccc24)C1(OC)[C+](OC)C3. The average molecular weight is 389 g/mol. The zero-order chi connectivity index (χ0) is 19.9. The molecule has 4 heteroatoms. The first-order valence-electron chi connectivity index (χ1n) is 10.2. The first kappa shape index (κ1) is 17.6. The lowest BCUT2D eigenvalue weighted by Gasteiger charge is -2.56. The molecule has 2 spiro atoms. The van der Waals surface area contributed by atoms with Crippen molar-refractivity contribution >= 4 is 0 Å². The van der Waals surface area contributed by atoms with Gasteiger partial charge in [-0.15, -0.1) is 0 Å². The predicted octanol–water partition coefficient (Wildman–Crippen LogP) is 3.95. The summed E-state index contributed by atoms with van der Waals surface area (Å²) in [7, 11) is 5.26. The van der Waals surface area contributed by atoms with Crippen LogP contribution in [-0.2, 0) is 24.4 Å². The molecule has 2 atom stereocenters. The summed E-state index contributed by atoms with van der Waals surface area (Å²) < 4.78 is 24.8. The standard InChI is InChI=1S/C25H25O4/c1-26-20-12-23-13-21(27-2)25(20,28-3)22-16-8-4-6-10-18(16)24(23,15-29-14-23)19-11-7-5-9-17(19)22/h4-12,22H,13-15H2,1-3H3/q+1. The van der Waals surface area contributed by atoms with Crippen molar-refractivity contribution in [2.75, 3.05) is 34.5 Å². The van der Waals surface area contributed by atoms with Crippen molar-refractivity contribution < 1.29 is 18.9 Å². The fourth-order valence-corrected chi connectivity index (χ4v) is 6.77. The van der Waals surface area contributed by atoms with Gasteiger partial charge in [-0.1, -0.05) is 48.5 Å². The van der Waals surface area contributed by atoms with Gasteiger partial charge in [-0.2, -0.15) is 4.74 Å². The molecule has 0 radical (unpaired) electrons. The summed E-state index contributed by atoms with van der Waals surface area (Å²) in [5.41, 5.74) is 3.89. The number of methoxy groups -OCH3 is 3. The van der Waals surface area contributed by atoms with Crippen LogP contribution >= 0.6 is 0 Å². The van der Waals surface area contributed by atoms with E-state index in [1.54, 1.807) is 21.3 Å². The molecule has 0 amide bonds. The van der Waals surface area contributed by atoms with Gasteiger partial charge in [0.1, 0.15) is 6.42 Å².